The second-order valence-electron chi connectivity index (χ2n) is 6.37. The number of anilines is 1. The molecule has 0 saturated heterocycles. The molecule has 3 aromatic rings. The molecular formula is C22H17ClN4O5. The maximum Gasteiger partial charge on any atom is 0.359 e. The van der Waals surface area contributed by atoms with Gasteiger partial charge in [0, 0.05) is 11.8 Å². The summed E-state index contributed by atoms with van der Waals surface area (Å²) in [6.45, 7) is -0.284. The topological polar surface area (TPSA) is 123 Å². The van der Waals surface area contributed by atoms with E-state index in [4.69, 9.17) is 26.3 Å². The first-order valence-corrected chi connectivity index (χ1v) is 9.76. The molecule has 1 aromatic heterocycles. The van der Waals surface area contributed by atoms with Crippen molar-refractivity contribution in [1.29, 1.82) is 5.26 Å². The lowest BCUT2D eigenvalue weighted by atomic mass is 10.2. The molecule has 32 heavy (non-hydrogen) atoms. The zero-order valence-corrected chi connectivity index (χ0v) is 17.4. The summed E-state index contributed by atoms with van der Waals surface area (Å²) in [5.74, 6) is -0.829. The molecule has 0 atom stereocenters. The van der Waals surface area contributed by atoms with Gasteiger partial charge in [-0.2, -0.15) is 10.4 Å². The monoisotopic (exact) mass is 452 g/mol. The SMILES string of the molecule is N#Cc1ccc(NC(=O)COC(=O)c2ccc(=O)n(CCOc3ccccc3)n2)cc1Cl. The number of ether oxygens (including phenoxy) is 2. The molecule has 2 aromatic carbocycles. The Morgan fingerprint density at radius 3 is 2.62 bits per heavy atom. The molecule has 1 amide bonds. The van der Waals surface area contributed by atoms with Gasteiger partial charge in [0.25, 0.3) is 11.5 Å². The Hall–Kier alpha value is -4.16. The van der Waals surface area contributed by atoms with Gasteiger partial charge in [-0.05, 0) is 36.4 Å². The highest BCUT2D eigenvalue weighted by atomic mass is 35.5. The Balaban J connectivity index is 1.53. The van der Waals surface area contributed by atoms with E-state index >= 15 is 0 Å². The van der Waals surface area contributed by atoms with Crippen molar-refractivity contribution in [2.75, 3.05) is 18.5 Å². The normalized spacial score (nSPS) is 10.1. The zero-order chi connectivity index (χ0) is 22.9. The Bertz CT molecular complexity index is 1220. The quantitative estimate of drug-likeness (QED) is 0.521. The fraction of sp³-hybridized carbons (Fsp3) is 0.136. The van der Waals surface area contributed by atoms with Crippen LogP contribution in [0.1, 0.15) is 16.1 Å². The van der Waals surface area contributed by atoms with Gasteiger partial charge in [-0.15, -0.1) is 0 Å². The van der Waals surface area contributed by atoms with Crippen LogP contribution in [0.4, 0.5) is 5.69 Å². The number of carbonyl (C=O) groups is 2. The number of aromatic nitrogens is 2. The van der Waals surface area contributed by atoms with E-state index in [1.807, 2.05) is 24.3 Å². The number of para-hydroxylation sites is 1. The molecule has 0 saturated carbocycles. The Morgan fingerprint density at radius 2 is 1.91 bits per heavy atom. The van der Waals surface area contributed by atoms with Crippen molar-refractivity contribution in [2.24, 2.45) is 0 Å². The number of rotatable bonds is 8. The van der Waals surface area contributed by atoms with E-state index < -0.39 is 24.0 Å². The van der Waals surface area contributed by atoms with Crippen molar-refractivity contribution in [2.45, 2.75) is 6.54 Å². The molecule has 0 unspecified atom stereocenters. The smallest absolute Gasteiger partial charge is 0.359 e. The van der Waals surface area contributed by atoms with E-state index in [0.29, 0.717) is 11.4 Å². The first-order valence-electron chi connectivity index (χ1n) is 9.39. The van der Waals surface area contributed by atoms with Crippen LogP contribution in [0.2, 0.25) is 5.02 Å². The van der Waals surface area contributed by atoms with Crippen LogP contribution in [0.5, 0.6) is 5.75 Å². The molecule has 0 radical (unpaired) electrons. The number of benzene rings is 2. The lowest BCUT2D eigenvalue weighted by molar-refractivity contribution is -0.119. The van der Waals surface area contributed by atoms with Crippen LogP contribution >= 0.6 is 11.6 Å². The molecule has 1 N–H and O–H groups in total. The second-order valence-corrected chi connectivity index (χ2v) is 6.78. The highest BCUT2D eigenvalue weighted by molar-refractivity contribution is 6.32. The summed E-state index contributed by atoms with van der Waals surface area (Å²) in [6.07, 6.45) is 0. The minimum Gasteiger partial charge on any atom is -0.492 e. The number of nitrogens with one attached hydrogen (secondary N) is 1. The van der Waals surface area contributed by atoms with Gasteiger partial charge in [0.15, 0.2) is 12.3 Å². The molecule has 0 bridgehead atoms. The molecule has 0 aliphatic carbocycles. The number of hydrogen-bond donors (Lipinski definition) is 1. The number of nitrogens with zero attached hydrogens (tertiary/aromatic N) is 3. The minimum absolute atomic E-state index is 0.120. The van der Waals surface area contributed by atoms with E-state index in [-0.39, 0.29) is 29.4 Å². The molecule has 0 spiro atoms. The number of nitriles is 1. The van der Waals surface area contributed by atoms with Crippen molar-refractivity contribution in [3.05, 3.63) is 87.3 Å². The van der Waals surface area contributed by atoms with Crippen molar-refractivity contribution < 1.29 is 19.1 Å². The van der Waals surface area contributed by atoms with Crippen LogP contribution in [0, 0.1) is 11.3 Å². The Labute approximate surface area is 187 Å². The predicted octanol–water partition coefficient (Wildman–Crippen LogP) is 2.64. The summed E-state index contributed by atoms with van der Waals surface area (Å²) in [7, 11) is 0. The third-order valence-electron chi connectivity index (χ3n) is 4.10. The average Bonchev–Trinajstić information content (AvgIpc) is 2.79. The number of carbonyl (C=O) groups excluding carboxylic acids is 2. The van der Waals surface area contributed by atoms with E-state index in [1.165, 1.54) is 30.3 Å². The van der Waals surface area contributed by atoms with Gasteiger partial charge >= 0.3 is 5.97 Å². The largest absolute Gasteiger partial charge is 0.492 e. The first-order chi connectivity index (χ1) is 15.5. The molecular weight excluding hydrogens is 436 g/mol. The molecule has 3 rings (SSSR count). The summed E-state index contributed by atoms with van der Waals surface area (Å²) in [6, 6.07) is 17.7. The molecule has 0 fully saturated rings. The zero-order valence-electron chi connectivity index (χ0n) is 16.7. The highest BCUT2D eigenvalue weighted by Gasteiger charge is 2.14. The summed E-state index contributed by atoms with van der Waals surface area (Å²) in [5.41, 5.74) is 0.0822. The van der Waals surface area contributed by atoms with Gasteiger partial charge < -0.3 is 14.8 Å². The van der Waals surface area contributed by atoms with Gasteiger partial charge in [-0.1, -0.05) is 29.8 Å². The molecule has 1 heterocycles. The van der Waals surface area contributed by atoms with Crippen LogP contribution in [0.15, 0.2) is 65.5 Å². The fourth-order valence-electron chi connectivity index (χ4n) is 2.57. The van der Waals surface area contributed by atoms with E-state index in [0.717, 1.165) is 4.68 Å². The van der Waals surface area contributed by atoms with Gasteiger partial charge in [-0.25, -0.2) is 9.48 Å². The first kappa shape index (κ1) is 22.5. The predicted molar refractivity (Wildman–Crippen MR) is 116 cm³/mol. The minimum atomic E-state index is -0.865. The standard InChI is InChI=1S/C22H17ClN4O5/c23-18-12-16(7-6-15(18)13-24)25-20(28)14-32-22(30)19-8-9-21(29)27(26-19)10-11-31-17-4-2-1-3-5-17/h1-9,12H,10-11,14H2,(H,25,28). The van der Waals surface area contributed by atoms with Crippen molar-refractivity contribution in [1.82, 2.24) is 9.78 Å². The third kappa shape index (κ3) is 6.17. The fourth-order valence-corrected chi connectivity index (χ4v) is 2.79. The molecule has 162 valence electrons. The summed E-state index contributed by atoms with van der Waals surface area (Å²) in [5, 5.41) is 15.5. The summed E-state index contributed by atoms with van der Waals surface area (Å²) < 4.78 is 11.6. The maximum absolute atomic E-state index is 12.2. The van der Waals surface area contributed by atoms with E-state index in [1.54, 1.807) is 12.1 Å². The second kappa shape index (κ2) is 10.7. The van der Waals surface area contributed by atoms with Crippen LogP contribution in [-0.4, -0.2) is 34.9 Å². The molecule has 9 nitrogen and oxygen atoms in total. The Kier molecular flexibility index (Phi) is 7.56. The average molecular weight is 453 g/mol. The molecule has 0 aliphatic heterocycles. The van der Waals surface area contributed by atoms with Crippen LogP contribution in [0.3, 0.4) is 0 Å². The summed E-state index contributed by atoms with van der Waals surface area (Å²) >= 11 is 5.91. The third-order valence-corrected chi connectivity index (χ3v) is 4.41. The van der Waals surface area contributed by atoms with Crippen molar-refractivity contribution in [3.8, 4) is 11.8 Å². The number of halogens is 1. The maximum atomic E-state index is 12.2. The summed E-state index contributed by atoms with van der Waals surface area (Å²) in [4.78, 5) is 36.2. The number of esters is 1. The van der Waals surface area contributed by atoms with Crippen molar-refractivity contribution >= 4 is 29.2 Å². The highest BCUT2D eigenvalue weighted by Crippen LogP contribution is 2.20. The Morgan fingerprint density at radius 1 is 1.12 bits per heavy atom. The van der Waals surface area contributed by atoms with Crippen LogP contribution < -0.4 is 15.6 Å². The van der Waals surface area contributed by atoms with Gasteiger partial charge in [-0.3, -0.25) is 9.59 Å². The van der Waals surface area contributed by atoms with Crippen LogP contribution in [-0.2, 0) is 16.1 Å². The lowest BCUT2D eigenvalue weighted by Gasteiger charge is -2.09. The van der Waals surface area contributed by atoms with Gasteiger partial charge in [0.05, 0.1) is 17.1 Å². The van der Waals surface area contributed by atoms with E-state index in [9.17, 15) is 14.4 Å². The van der Waals surface area contributed by atoms with Crippen LogP contribution in [0.25, 0.3) is 0 Å². The van der Waals surface area contributed by atoms with Gasteiger partial charge in [0.1, 0.15) is 18.4 Å². The number of hydrogen-bond acceptors (Lipinski definition) is 7. The lowest BCUT2D eigenvalue weighted by Crippen LogP contribution is -2.28. The van der Waals surface area contributed by atoms with Crippen molar-refractivity contribution in [3.63, 3.8) is 0 Å². The molecule has 10 heteroatoms. The van der Waals surface area contributed by atoms with Gasteiger partial charge in [0.2, 0.25) is 0 Å². The number of amides is 1. The molecule has 0 aliphatic rings. The van der Waals surface area contributed by atoms with E-state index in [2.05, 4.69) is 10.4 Å².